The summed E-state index contributed by atoms with van der Waals surface area (Å²) < 4.78 is 11.1. The van der Waals surface area contributed by atoms with Crippen molar-refractivity contribution in [3.05, 3.63) is 30.0 Å². The molecule has 0 radical (unpaired) electrons. The highest BCUT2D eigenvalue weighted by atomic mass is 16.6. The first-order valence-electron chi connectivity index (χ1n) is 20.4. The molecule has 4 N–H and O–H groups in total. The third kappa shape index (κ3) is 8.23. The summed E-state index contributed by atoms with van der Waals surface area (Å²) in [4.78, 5) is 67.4. The molecule has 304 valence electrons. The number of carboxylic acids is 1. The van der Waals surface area contributed by atoms with Crippen LogP contribution in [-0.4, -0.2) is 107 Å². The van der Waals surface area contributed by atoms with Gasteiger partial charge in [0.2, 0.25) is 11.9 Å². The number of methoxy groups -OCH3 is 1. The number of hydrogen-bond acceptors (Lipinski definition) is 11. The Kier molecular flexibility index (Phi) is 11.4. The van der Waals surface area contributed by atoms with Crippen molar-refractivity contribution >= 4 is 47.0 Å². The predicted octanol–water partition coefficient (Wildman–Crippen LogP) is 5.32. The van der Waals surface area contributed by atoms with Crippen LogP contribution in [0.1, 0.15) is 102 Å². The van der Waals surface area contributed by atoms with Gasteiger partial charge < -0.3 is 40.3 Å². The Morgan fingerprint density at radius 3 is 2.34 bits per heavy atom. The van der Waals surface area contributed by atoms with Crippen molar-refractivity contribution in [1.29, 1.82) is 0 Å². The second-order valence-electron chi connectivity index (χ2n) is 17.3. The minimum Gasteiger partial charge on any atom is -0.495 e. The normalized spacial score (nSPS) is 25.0. The van der Waals surface area contributed by atoms with Crippen LogP contribution in [-0.2, 0) is 14.3 Å². The van der Waals surface area contributed by atoms with Gasteiger partial charge in [-0.1, -0.05) is 32.6 Å². The van der Waals surface area contributed by atoms with Crippen molar-refractivity contribution in [2.45, 2.75) is 128 Å². The third-order valence-electron chi connectivity index (χ3n) is 12.5. The number of aliphatic carboxylic acids is 1. The van der Waals surface area contributed by atoms with E-state index >= 15 is 0 Å². The van der Waals surface area contributed by atoms with E-state index in [0.29, 0.717) is 47.4 Å². The number of aromatic nitrogens is 2. The topological polar surface area (TPSA) is 179 Å². The van der Waals surface area contributed by atoms with Crippen LogP contribution in [0.2, 0.25) is 0 Å². The van der Waals surface area contributed by atoms with E-state index < -0.39 is 23.7 Å². The molecular formula is C41H58N8O7. The molecule has 1 aromatic heterocycles. The molecule has 4 fully saturated rings. The smallest absolute Gasteiger partial charge is 0.408 e. The third-order valence-corrected chi connectivity index (χ3v) is 12.5. The van der Waals surface area contributed by atoms with E-state index in [9.17, 15) is 24.3 Å². The van der Waals surface area contributed by atoms with Crippen molar-refractivity contribution in [2.75, 3.05) is 42.4 Å². The second kappa shape index (κ2) is 16.1. The largest absolute Gasteiger partial charge is 0.495 e. The number of ether oxygens (including phenoxy) is 2. The van der Waals surface area contributed by atoms with Crippen LogP contribution in [0.4, 0.5) is 27.9 Å². The summed E-state index contributed by atoms with van der Waals surface area (Å²) in [6, 6.07) is 4.24. The summed E-state index contributed by atoms with van der Waals surface area (Å²) in [6.07, 6.45) is 10.6. The minimum atomic E-state index is -1.07. The maximum Gasteiger partial charge on any atom is 0.408 e. The molecule has 56 heavy (non-hydrogen) atoms. The van der Waals surface area contributed by atoms with Crippen LogP contribution >= 0.6 is 0 Å². The van der Waals surface area contributed by atoms with E-state index in [1.807, 2.05) is 6.92 Å². The number of hydrogen-bond donors (Lipinski definition) is 4. The first-order chi connectivity index (χ1) is 26.8. The van der Waals surface area contributed by atoms with Crippen LogP contribution < -0.4 is 30.5 Å². The quantitative estimate of drug-likeness (QED) is 0.206. The lowest BCUT2D eigenvalue weighted by Crippen LogP contribution is -2.55. The van der Waals surface area contributed by atoms with Crippen molar-refractivity contribution in [3.8, 4) is 5.75 Å². The second-order valence-corrected chi connectivity index (χ2v) is 17.3. The van der Waals surface area contributed by atoms with Gasteiger partial charge in [-0.2, -0.15) is 4.98 Å². The Morgan fingerprint density at radius 2 is 1.71 bits per heavy atom. The Balaban J connectivity index is 0.989. The number of nitrogens with one attached hydrogen (secondary N) is 3. The fraction of sp³-hybridized carbons (Fsp3) is 0.659. The fourth-order valence-electron chi connectivity index (χ4n) is 9.67. The van der Waals surface area contributed by atoms with Gasteiger partial charge >= 0.3 is 12.1 Å². The summed E-state index contributed by atoms with van der Waals surface area (Å²) in [5.41, 5.74) is 1.05. The molecule has 5 atom stereocenters. The Bertz CT molecular complexity index is 1790. The highest BCUT2D eigenvalue weighted by molar-refractivity contribution is 6.04. The standard InChI is InChI=1S/C41H58N8O7/c1-7-30-37(51)47(5)32-20-42-39(46-35(32)49(30)25-14-10-11-15-25)43-28-17-16-24(18-33(28)55-6)36(50)45-34-26-21-48(22-27(26)34)31(23-12-8-9-13-23)19-29(38(52)53)44-40(54)56-41(2,3)4/h16-18,20,23,25-27,29-31,34H,7-15,19,21-22H2,1-6H3,(H,44,54)(H,45,50)(H,52,53)(H,42,43,46)/t26?,27?,29-,30+,31?,34?/m0/s1. The highest BCUT2D eigenvalue weighted by Crippen LogP contribution is 2.48. The van der Waals surface area contributed by atoms with E-state index in [1.54, 1.807) is 64.2 Å². The van der Waals surface area contributed by atoms with Gasteiger partial charge in [-0.25, -0.2) is 14.6 Å². The van der Waals surface area contributed by atoms with Crippen LogP contribution in [0.15, 0.2) is 24.4 Å². The lowest BCUT2D eigenvalue weighted by atomic mass is 9.90. The van der Waals surface area contributed by atoms with Gasteiger partial charge in [0.05, 0.1) is 19.0 Å². The van der Waals surface area contributed by atoms with E-state index in [4.69, 9.17) is 14.5 Å². The molecule has 3 aliphatic carbocycles. The Hall–Kier alpha value is -4.66. The predicted molar refractivity (Wildman–Crippen MR) is 211 cm³/mol. The number of carboxylic acid groups (broad SMARTS) is 1. The van der Waals surface area contributed by atoms with Crippen LogP contribution in [0.25, 0.3) is 0 Å². The number of piperidine rings is 1. The van der Waals surface area contributed by atoms with E-state index in [-0.39, 0.29) is 47.8 Å². The number of carbonyl (C=O) groups is 4. The monoisotopic (exact) mass is 774 g/mol. The molecule has 3 saturated carbocycles. The summed E-state index contributed by atoms with van der Waals surface area (Å²) in [6.45, 7) is 8.83. The molecule has 15 heteroatoms. The first kappa shape index (κ1) is 39.6. The number of anilines is 4. The zero-order chi connectivity index (χ0) is 39.9. The SMILES string of the molecule is CC[C@@H]1C(=O)N(C)c2cnc(Nc3ccc(C(=O)NC4C5CN(C(C[C@H](NC(=O)OC(C)(C)C)C(=O)O)C6CCCC6)CC54)cc3OC)nc2N1C1CCCC1. The molecule has 3 heterocycles. The molecule has 2 aliphatic heterocycles. The molecule has 15 nitrogen and oxygen atoms in total. The number of amides is 3. The van der Waals surface area contributed by atoms with E-state index in [2.05, 4.69) is 30.7 Å². The molecule has 2 aromatic rings. The van der Waals surface area contributed by atoms with Gasteiger partial charge in [0, 0.05) is 43.8 Å². The number of nitrogens with zero attached hydrogens (tertiary/aromatic N) is 5. The summed E-state index contributed by atoms with van der Waals surface area (Å²) >= 11 is 0. The van der Waals surface area contributed by atoms with Gasteiger partial charge in [-0.05, 0) is 95.2 Å². The molecule has 0 spiro atoms. The number of likely N-dealkylation sites (tertiary alicyclic amines) is 1. The zero-order valence-electron chi connectivity index (χ0n) is 33.5. The molecule has 0 bridgehead atoms. The summed E-state index contributed by atoms with van der Waals surface area (Å²) in [5.74, 6) is 1.32. The minimum absolute atomic E-state index is 0.0170. The maximum absolute atomic E-state index is 13.6. The molecule has 3 unspecified atom stereocenters. The molecule has 5 aliphatic rings. The van der Waals surface area contributed by atoms with Gasteiger partial charge in [0.15, 0.2) is 5.82 Å². The average Bonchev–Trinajstić information content (AvgIpc) is 3.74. The molecule has 1 aromatic carbocycles. The van der Waals surface area contributed by atoms with E-state index in [1.165, 1.54) is 0 Å². The maximum atomic E-state index is 13.6. The van der Waals surface area contributed by atoms with Gasteiger partial charge in [-0.3, -0.25) is 14.5 Å². The number of alkyl carbamates (subject to hydrolysis) is 1. The lowest BCUT2D eigenvalue weighted by Gasteiger charge is -2.43. The number of carbonyl (C=O) groups excluding carboxylic acids is 3. The Morgan fingerprint density at radius 1 is 1.04 bits per heavy atom. The van der Waals surface area contributed by atoms with Gasteiger partial charge in [0.1, 0.15) is 29.1 Å². The first-order valence-corrected chi connectivity index (χ1v) is 20.4. The van der Waals surface area contributed by atoms with Crippen molar-refractivity contribution in [3.63, 3.8) is 0 Å². The molecule has 3 amide bonds. The molecular weight excluding hydrogens is 716 g/mol. The van der Waals surface area contributed by atoms with Gasteiger partial charge in [-0.15, -0.1) is 0 Å². The summed E-state index contributed by atoms with van der Waals surface area (Å²) in [7, 11) is 3.34. The molecule has 7 rings (SSSR count). The van der Waals surface area contributed by atoms with E-state index in [0.717, 1.165) is 70.3 Å². The molecule has 1 saturated heterocycles. The fourth-order valence-corrected chi connectivity index (χ4v) is 9.67. The number of likely N-dealkylation sites (N-methyl/N-ethyl adjacent to an activating group) is 1. The highest BCUT2D eigenvalue weighted by Gasteiger charge is 2.58. The van der Waals surface area contributed by atoms with Crippen molar-refractivity contribution in [1.82, 2.24) is 25.5 Å². The van der Waals surface area contributed by atoms with Crippen LogP contribution in [0.3, 0.4) is 0 Å². The Labute approximate surface area is 329 Å². The number of benzene rings is 1. The lowest BCUT2D eigenvalue weighted by molar-refractivity contribution is -0.140. The number of fused-ring (bicyclic) bond motifs is 2. The zero-order valence-corrected chi connectivity index (χ0v) is 33.5. The van der Waals surface area contributed by atoms with Crippen LogP contribution in [0, 0.1) is 17.8 Å². The van der Waals surface area contributed by atoms with Crippen molar-refractivity contribution in [2.24, 2.45) is 17.8 Å². The van der Waals surface area contributed by atoms with Crippen molar-refractivity contribution < 1.29 is 33.8 Å². The van der Waals surface area contributed by atoms with Gasteiger partial charge in [0.25, 0.3) is 5.91 Å². The van der Waals surface area contributed by atoms with Crippen LogP contribution in [0.5, 0.6) is 5.75 Å². The average molecular weight is 775 g/mol. The summed E-state index contributed by atoms with van der Waals surface area (Å²) in [5, 5.41) is 19.2. The number of rotatable bonds is 13.